The van der Waals surface area contributed by atoms with Crippen LogP contribution in [0.1, 0.15) is 24.1 Å². The third-order valence-electron chi connectivity index (χ3n) is 6.04. The fourth-order valence-electron chi connectivity index (χ4n) is 4.65. The van der Waals surface area contributed by atoms with Crippen molar-refractivity contribution < 1.29 is 14.7 Å². The number of amides is 2. The highest BCUT2D eigenvalue weighted by Crippen LogP contribution is 2.38. The molecular formula is C24H23N3O3. The van der Waals surface area contributed by atoms with Crippen LogP contribution in [0.4, 0.5) is 5.69 Å². The maximum atomic E-state index is 13.0. The number of aliphatic hydroxyl groups excluding tert-OH is 1. The normalized spacial score (nSPS) is 19.0. The van der Waals surface area contributed by atoms with Crippen LogP contribution in [-0.2, 0) is 22.6 Å². The number of nitrogens with zero attached hydrogens (tertiary/aromatic N) is 1. The van der Waals surface area contributed by atoms with E-state index in [4.69, 9.17) is 0 Å². The van der Waals surface area contributed by atoms with Crippen LogP contribution in [0.25, 0.3) is 16.5 Å². The molecule has 0 aliphatic carbocycles. The van der Waals surface area contributed by atoms with Crippen LogP contribution in [0.5, 0.6) is 0 Å². The predicted molar refractivity (Wildman–Crippen MR) is 116 cm³/mol. The molecule has 6 nitrogen and oxygen atoms in total. The van der Waals surface area contributed by atoms with Crippen molar-refractivity contribution in [1.29, 1.82) is 0 Å². The van der Waals surface area contributed by atoms with E-state index in [9.17, 15) is 14.7 Å². The SMILES string of the molecule is O=C1NC(=O)C(c2c3n(c4ccccc24)CCCC(CO)C3)=C1Nc1ccccc1. The molecule has 1 atom stereocenters. The lowest BCUT2D eigenvalue weighted by atomic mass is 9.93. The molecule has 2 aliphatic rings. The number of aliphatic hydroxyl groups is 1. The molecule has 2 aliphatic heterocycles. The number of carbonyl (C=O) groups excluding carboxylic acids is 2. The van der Waals surface area contributed by atoms with E-state index < -0.39 is 5.91 Å². The Labute approximate surface area is 174 Å². The first kappa shape index (κ1) is 18.6. The molecule has 1 unspecified atom stereocenters. The number of aryl methyl sites for hydroxylation is 1. The zero-order chi connectivity index (χ0) is 20.7. The first-order valence-electron chi connectivity index (χ1n) is 10.3. The minimum absolute atomic E-state index is 0.111. The maximum absolute atomic E-state index is 13.0. The Kier molecular flexibility index (Phi) is 4.64. The van der Waals surface area contributed by atoms with Gasteiger partial charge in [-0.25, -0.2) is 0 Å². The highest BCUT2D eigenvalue weighted by molar-refractivity contribution is 6.38. The number of nitrogens with one attached hydrogen (secondary N) is 2. The highest BCUT2D eigenvalue weighted by atomic mass is 16.3. The monoisotopic (exact) mass is 401 g/mol. The van der Waals surface area contributed by atoms with Gasteiger partial charge in [-0.3, -0.25) is 14.9 Å². The topological polar surface area (TPSA) is 83.4 Å². The van der Waals surface area contributed by atoms with Gasteiger partial charge in [-0.2, -0.15) is 0 Å². The van der Waals surface area contributed by atoms with Crippen LogP contribution in [0.2, 0.25) is 0 Å². The molecule has 2 amide bonds. The van der Waals surface area contributed by atoms with Crippen LogP contribution in [0, 0.1) is 5.92 Å². The zero-order valence-electron chi connectivity index (χ0n) is 16.5. The minimum atomic E-state index is -0.421. The quantitative estimate of drug-likeness (QED) is 0.587. The second-order valence-corrected chi connectivity index (χ2v) is 7.91. The molecule has 5 rings (SSSR count). The summed E-state index contributed by atoms with van der Waals surface area (Å²) < 4.78 is 2.25. The summed E-state index contributed by atoms with van der Waals surface area (Å²) in [4.78, 5) is 25.6. The molecule has 0 bridgehead atoms. The molecule has 3 N–H and O–H groups in total. The Morgan fingerprint density at radius 2 is 1.80 bits per heavy atom. The van der Waals surface area contributed by atoms with E-state index in [0.29, 0.717) is 12.0 Å². The summed E-state index contributed by atoms with van der Waals surface area (Å²) in [6, 6.07) is 17.4. The number of rotatable bonds is 4. The molecule has 2 aromatic carbocycles. The van der Waals surface area contributed by atoms with E-state index >= 15 is 0 Å². The summed E-state index contributed by atoms with van der Waals surface area (Å²) in [7, 11) is 0. The first-order chi connectivity index (χ1) is 14.7. The van der Waals surface area contributed by atoms with E-state index in [-0.39, 0.29) is 24.1 Å². The molecule has 3 aromatic rings. The lowest BCUT2D eigenvalue weighted by Gasteiger charge is -2.13. The van der Waals surface area contributed by atoms with Crippen molar-refractivity contribution in [3.8, 4) is 0 Å². The molecule has 1 aromatic heterocycles. The van der Waals surface area contributed by atoms with Crippen LogP contribution < -0.4 is 10.6 Å². The lowest BCUT2D eigenvalue weighted by molar-refractivity contribution is -0.123. The van der Waals surface area contributed by atoms with Gasteiger partial charge in [0.05, 0.1) is 5.57 Å². The third-order valence-corrected chi connectivity index (χ3v) is 6.04. The molecule has 0 saturated heterocycles. The summed E-state index contributed by atoms with van der Waals surface area (Å²) in [5.41, 5.74) is 4.27. The molecule has 152 valence electrons. The van der Waals surface area contributed by atoms with Gasteiger partial charge >= 0.3 is 0 Å². The van der Waals surface area contributed by atoms with Gasteiger partial charge in [-0.1, -0.05) is 36.4 Å². The fourth-order valence-corrected chi connectivity index (χ4v) is 4.65. The van der Waals surface area contributed by atoms with E-state index in [1.165, 1.54) is 0 Å². The minimum Gasteiger partial charge on any atom is -0.396 e. The van der Waals surface area contributed by atoms with Crippen molar-refractivity contribution in [2.24, 2.45) is 5.92 Å². The number of hydrogen-bond donors (Lipinski definition) is 3. The van der Waals surface area contributed by atoms with Crippen molar-refractivity contribution >= 4 is 34.0 Å². The first-order valence-corrected chi connectivity index (χ1v) is 10.3. The predicted octanol–water partition coefficient (Wildman–Crippen LogP) is 3.07. The van der Waals surface area contributed by atoms with Crippen LogP contribution in [-0.4, -0.2) is 28.1 Å². The highest BCUT2D eigenvalue weighted by Gasteiger charge is 2.36. The average molecular weight is 401 g/mol. The Balaban J connectivity index is 1.76. The smallest absolute Gasteiger partial charge is 0.275 e. The van der Waals surface area contributed by atoms with Gasteiger partial charge in [0.15, 0.2) is 0 Å². The van der Waals surface area contributed by atoms with E-state index in [0.717, 1.165) is 47.2 Å². The largest absolute Gasteiger partial charge is 0.396 e. The van der Waals surface area contributed by atoms with Gasteiger partial charge in [-0.15, -0.1) is 0 Å². The maximum Gasteiger partial charge on any atom is 0.275 e. The number of para-hydroxylation sites is 2. The molecule has 3 heterocycles. The number of hydrogen-bond acceptors (Lipinski definition) is 4. The van der Waals surface area contributed by atoms with E-state index in [1.54, 1.807) is 0 Å². The van der Waals surface area contributed by atoms with E-state index in [1.807, 2.05) is 48.5 Å². The third kappa shape index (κ3) is 3.00. The number of carbonyl (C=O) groups is 2. The van der Waals surface area contributed by atoms with Crippen molar-refractivity contribution in [2.75, 3.05) is 11.9 Å². The van der Waals surface area contributed by atoms with Crippen molar-refractivity contribution in [2.45, 2.75) is 25.8 Å². The van der Waals surface area contributed by atoms with Crippen LogP contribution >= 0.6 is 0 Å². The molecular weight excluding hydrogens is 378 g/mol. The number of anilines is 1. The van der Waals surface area contributed by atoms with Crippen molar-refractivity contribution in [3.05, 3.63) is 71.6 Å². The summed E-state index contributed by atoms with van der Waals surface area (Å²) in [6.45, 7) is 0.941. The van der Waals surface area contributed by atoms with Gasteiger partial charge < -0.3 is 15.0 Å². The number of benzene rings is 2. The van der Waals surface area contributed by atoms with Crippen LogP contribution in [0.3, 0.4) is 0 Å². The Morgan fingerprint density at radius 1 is 1.03 bits per heavy atom. The fraction of sp³-hybridized carbons (Fsp3) is 0.250. The molecule has 0 radical (unpaired) electrons. The van der Waals surface area contributed by atoms with Crippen LogP contribution in [0.15, 0.2) is 60.3 Å². The molecule has 6 heteroatoms. The summed E-state index contributed by atoms with van der Waals surface area (Å²) in [5, 5.41) is 16.4. The molecule has 30 heavy (non-hydrogen) atoms. The summed E-state index contributed by atoms with van der Waals surface area (Å²) >= 11 is 0. The van der Waals surface area contributed by atoms with Crippen molar-refractivity contribution in [1.82, 2.24) is 9.88 Å². The number of imide groups is 1. The molecule has 0 fully saturated rings. The Bertz CT molecular complexity index is 1180. The lowest BCUT2D eigenvalue weighted by Crippen LogP contribution is -2.24. The second kappa shape index (κ2) is 7.46. The van der Waals surface area contributed by atoms with Gasteiger partial charge in [0.1, 0.15) is 5.70 Å². The Morgan fingerprint density at radius 3 is 2.60 bits per heavy atom. The zero-order valence-corrected chi connectivity index (χ0v) is 16.5. The number of fused-ring (bicyclic) bond motifs is 3. The summed E-state index contributed by atoms with van der Waals surface area (Å²) in [6.07, 6.45) is 2.57. The standard InChI is InChI=1S/C24H23N3O3/c28-14-15-7-6-12-27-18-11-5-4-10-17(18)20(19(27)13-15)21-22(24(30)26-23(21)29)25-16-8-2-1-3-9-16/h1-5,8-11,15,28H,6-7,12-14H2,(H2,25,26,29,30). The van der Waals surface area contributed by atoms with Crippen molar-refractivity contribution in [3.63, 3.8) is 0 Å². The molecule has 0 saturated carbocycles. The van der Waals surface area contributed by atoms with Gasteiger partial charge in [0.2, 0.25) is 0 Å². The van der Waals surface area contributed by atoms with Gasteiger partial charge in [0.25, 0.3) is 11.8 Å². The average Bonchev–Trinajstić information content (AvgIpc) is 3.09. The second-order valence-electron chi connectivity index (χ2n) is 7.91. The van der Waals surface area contributed by atoms with Gasteiger partial charge in [-0.05, 0) is 43.4 Å². The molecule has 0 spiro atoms. The van der Waals surface area contributed by atoms with Gasteiger partial charge in [0, 0.05) is 41.0 Å². The Hall–Kier alpha value is -3.38. The summed E-state index contributed by atoms with van der Waals surface area (Å²) in [5.74, 6) is -0.668. The number of aromatic nitrogens is 1. The van der Waals surface area contributed by atoms with E-state index in [2.05, 4.69) is 21.3 Å².